The van der Waals surface area contributed by atoms with Gasteiger partial charge in [-0.3, -0.25) is 5.10 Å². The highest BCUT2D eigenvalue weighted by molar-refractivity contribution is 5.82. The molecule has 2 aromatic rings. The molecular weight excluding hydrogens is 174 g/mol. The molecule has 0 aliphatic carbocycles. The van der Waals surface area contributed by atoms with Crippen molar-refractivity contribution < 1.29 is 0 Å². The fourth-order valence-electron chi connectivity index (χ4n) is 1.64. The van der Waals surface area contributed by atoms with Crippen molar-refractivity contribution in [3.63, 3.8) is 0 Å². The average molecular weight is 189 g/mol. The van der Waals surface area contributed by atoms with Gasteiger partial charge in [0.1, 0.15) is 0 Å². The van der Waals surface area contributed by atoms with E-state index in [-0.39, 0.29) is 6.04 Å². The van der Waals surface area contributed by atoms with Crippen molar-refractivity contribution in [3.8, 4) is 0 Å². The van der Waals surface area contributed by atoms with Gasteiger partial charge in [0, 0.05) is 17.1 Å². The van der Waals surface area contributed by atoms with Crippen LogP contribution in [0.1, 0.15) is 31.1 Å². The Morgan fingerprint density at radius 3 is 2.93 bits per heavy atom. The zero-order valence-electron chi connectivity index (χ0n) is 8.54. The lowest BCUT2D eigenvalue weighted by Gasteiger charge is -2.04. The minimum absolute atomic E-state index is 0.0705. The van der Waals surface area contributed by atoms with E-state index in [1.54, 1.807) is 0 Å². The van der Waals surface area contributed by atoms with Gasteiger partial charge in [0.05, 0.1) is 5.52 Å². The van der Waals surface area contributed by atoms with Crippen molar-refractivity contribution in [2.45, 2.75) is 26.3 Å². The Bertz CT molecular complexity index is 443. The van der Waals surface area contributed by atoms with Crippen LogP contribution in [0, 0.1) is 0 Å². The number of H-pyrrole nitrogens is 1. The monoisotopic (exact) mass is 189 g/mol. The molecule has 3 nitrogen and oxygen atoms in total. The summed E-state index contributed by atoms with van der Waals surface area (Å²) in [4.78, 5) is 0. The van der Waals surface area contributed by atoms with Gasteiger partial charge in [-0.2, -0.15) is 5.10 Å². The molecule has 2 rings (SSSR count). The normalized spacial score (nSPS) is 13.4. The molecule has 0 spiro atoms. The van der Waals surface area contributed by atoms with Crippen LogP contribution in [0.25, 0.3) is 10.9 Å². The summed E-state index contributed by atoms with van der Waals surface area (Å²) in [6.45, 7) is 4.10. The molecule has 0 radical (unpaired) electrons. The number of aryl methyl sites for hydroxylation is 1. The maximum atomic E-state index is 5.81. The molecule has 74 valence electrons. The van der Waals surface area contributed by atoms with Crippen molar-refractivity contribution in [1.82, 2.24) is 10.2 Å². The van der Waals surface area contributed by atoms with Crippen molar-refractivity contribution in [2.24, 2.45) is 5.73 Å². The number of hydrogen-bond acceptors (Lipinski definition) is 2. The van der Waals surface area contributed by atoms with Crippen LogP contribution in [0.5, 0.6) is 0 Å². The molecule has 3 N–H and O–H groups in total. The molecule has 14 heavy (non-hydrogen) atoms. The molecule has 0 aliphatic heterocycles. The number of rotatable bonds is 2. The van der Waals surface area contributed by atoms with Crippen LogP contribution in [-0.4, -0.2) is 10.2 Å². The number of nitrogens with zero attached hydrogens (tertiary/aromatic N) is 1. The van der Waals surface area contributed by atoms with Crippen molar-refractivity contribution in [1.29, 1.82) is 0 Å². The molecule has 0 fully saturated rings. The lowest BCUT2D eigenvalue weighted by atomic mass is 10.1. The second-order valence-electron chi connectivity index (χ2n) is 3.62. The highest BCUT2D eigenvalue weighted by Gasteiger charge is 2.05. The Morgan fingerprint density at radius 1 is 1.50 bits per heavy atom. The van der Waals surface area contributed by atoms with Gasteiger partial charge in [-0.1, -0.05) is 19.1 Å². The number of aromatic amines is 1. The maximum Gasteiger partial charge on any atom is 0.0927 e. The first kappa shape index (κ1) is 9.21. The Labute approximate surface area is 83.3 Å². The first-order chi connectivity index (χ1) is 6.72. The molecule has 0 bridgehead atoms. The number of fused-ring (bicyclic) bond motifs is 1. The fraction of sp³-hybridized carbons (Fsp3) is 0.364. The standard InChI is InChI=1S/C11H15N3/c1-3-10-9-5-4-8(7(2)12)6-11(9)14-13-10/h4-7H,3,12H2,1-2H3,(H,13,14). The van der Waals surface area contributed by atoms with Crippen LogP contribution in [-0.2, 0) is 6.42 Å². The van der Waals surface area contributed by atoms with Crippen LogP contribution in [0.2, 0.25) is 0 Å². The SMILES string of the molecule is CCc1[nH]nc2cc(C(C)N)ccc12. The first-order valence-corrected chi connectivity index (χ1v) is 4.95. The van der Waals surface area contributed by atoms with Gasteiger partial charge in [-0.05, 0) is 25.0 Å². The van der Waals surface area contributed by atoms with Gasteiger partial charge in [-0.25, -0.2) is 0 Å². The summed E-state index contributed by atoms with van der Waals surface area (Å²) >= 11 is 0. The molecular formula is C11H15N3. The predicted molar refractivity (Wildman–Crippen MR) is 58.1 cm³/mol. The molecule has 1 aromatic heterocycles. The topological polar surface area (TPSA) is 54.7 Å². The number of hydrogen-bond donors (Lipinski definition) is 2. The van der Waals surface area contributed by atoms with Crippen LogP contribution in [0.3, 0.4) is 0 Å². The van der Waals surface area contributed by atoms with Crippen molar-refractivity contribution in [3.05, 3.63) is 29.5 Å². The minimum Gasteiger partial charge on any atom is -0.324 e. The average Bonchev–Trinajstić information content (AvgIpc) is 2.59. The Morgan fingerprint density at radius 2 is 2.29 bits per heavy atom. The molecule has 0 aliphatic rings. The van der Waals surface area contributed by atoms with E-state index in [2.05, 4.69) is 35.3 Å². The smallest absolute Gasteiger partial charge is 0.0927 e. The van der Waals surface area contributed by atoms with Crippen LogP contribution < -0.4 is 5.73 Å². The Hall–Kier alpha value is -1.35. The molecule has 0 saturated heterocycles. The molecule has 1 unspecified atom stereocenters. The second-order valence-corrected chi connectivity index (χ2v) is 3.62. The summed E-state index contributed by atoms with van der Waals surface area (Å²) < 4.78 is 0. The third-order valence-corrected chi connectivity index (χ3v) is 2.54. The van der Waals surface area contributed by atoms with Gasteiger partial charge >= 0.3 is 0 Å². The lowest BCUT2D eigenvalue weighted by molar-refractivity contribution is 0.819. The highest BCUT2D eigenvalue weighted by atomic mass is 15.1. The van der Waals surface area contributed by atoms with Gasteiger partial charge < -0.3 is 5.73 Å². The van der Waals surface area contributed by atoms with Crippen LogP contribution >= 0.6 is 0 Å². The van der Waals surface area contributed by atoms with Gasteiger partial charge in [0.2, 0.25) is 0 Å². The molecule has 1 atom stereocenters. The molecule has 0 amide bonds. The number of nitrogens with one attached hydrogen (secondary N) is 1. The molecule has 0 saturated carbocycles. The Kier molecular flexibility index (Phi) is 2.25. The van der Waals surface area contributed by atoms with Gasteiger partial charge in [0.25, 0.3) is 0 Å². The van der Waals surface area contributed by atoms with Crippen LogP contribution in [0.15, 0.2) is 18.2 Å². The highest BCUT2D eigenvalue weighted by Crippen LogP contribution is 2.20. The van der Waals surface area contributed by atoms with Crippen molar-refractivity contribution in [2.75, 3.05) is 0 Å². The third-order valence-electron chi connectivity index (χ3n) is 2.54. The van der Waals surface area contributed by atoms with Crippen molar-refractivity contribution >= 4 is 10.9 Å². The lowest BCUT2D eigenvalue weighted by Crippen LogP contribution is -2.04. The molecule has 3 heteroatoms. The van der Waals surface area contributed by atoms with Crippen LogP contribution in [0.4, 0.5) is 0 Å². The second kappa shape index (κ2) is 3.42. The summed E-state index contributed by atoms with van der Waals surface area (Å²) in [5.41, 5.74) is 9.14. The van der Waals surface area contributed by atoms with E-state index in [0.29, 0.717) is 0 Å². The summed E-state index contributed by atoms with van der Waals surface area (Å²) in [5, 5.41) is 8.50. The third kappa shape index (κ3) is 1.40. The van der Waals surface area contributed by atoms with Gasteiger partial charge in [0.15, 0.2) is 0 Å². The quantitative estimate of drug-likeness (QED) is 0.760. The number of benzene rings is 1. The molecule has 1 heterocycles. The van der Waals surface area contributed by atoms with E-state index in [1.165, 1.54) is 11.1 Å². The zero-order chi connectivity index (χ0) is 10.1. The predicted octanol–water partition coefficient (Wildman–Crippen LogP) is 2.15. The minimum atomic E-state index is 0.0705. The maximum absolute atomic E-state index is 5.81. The summed E-state index contributed by atoms with van der Waals surface area (Å²) in [7, 11) is 0. The summed E-state index contributed by atoms with van der Waals surface area (Å²) in [5.74, 6) is 0. The Balaban J connectivity index is 2.57. The van der Waals surface area contributed by atoms with E-state index in [9.17, 15) is 0 Å². The van der Waals surface area contributed by atoms with E-state index in [4.69, 9.17) is 5.73 Å². The largest absolute Gasteiger partial charge is 0.324 e. The van der Waals surface area contributed by atoms with Gasteiger partial charge in [-0.15, -0.1) is 0 Å². The number of nitrogens with two attached hydrogens (primary N) is 1. The zero-order valence-corrected chi connectivity index (χ0v) is 8.54. The van der Waals surface area contributed by atoms with E-state index >= 15 is 0 Å². The summed E-state index contributed by atoms with van der Waals surface area (Å²) in [6.07, 6.45) is 0.980. The van der Waals surface area contributed by atoms with E-state index < -0.39 is 0 Å². The van der Waals surface area contributed by atoms with E-state index in [1.807, 2.05) is 6.92 Å². The van der Waals surface area contributed by atoms with E-state index in [0.717, 1.165) is 17.5 Å². The first-order valence-electron chi connectivity index (χ1n) is 4.95. The fourth-order valence-corrected chi connectivity index (χ4v) is 1.64. The number of aromatic nitrogens is 2. The molecule has 1 aromatic carbocycles. The summed E-state index contributed by atoms with van der Waals surface area (Å²) in [6, 6.07) is 6.29.